The zero-order chi connectivity index (χ0) is 22.5. The SMILES string of the molecule is COc1ccc(CCNSc2ccc3c(c2)OC(c2ccccc2)(c2ccccc2)O3)cc1. The fourth-order valence-corrected chi connectivity index (χ4v) is 4.56. The van der Waals surface area contributed by atoms with Crippen LogP contribution in [0, 0.1) is 0 Å². The first-order chi connectivity index (χ1) is 16.3. The summed E-state index contributed by atoms with van der Waals surface area (Å²) < 4.78 is 21.7. The minimum absolute atomic E-state index is 0.740. The fraction of sp³-hybridized carbons (Fsp3) is 0.143. The van der Waals surface area contributed by atoms with E-state index in [1.807, 2.05) is 84.9 Å². The van der Waals surface area contributed by atoms with E-state index in [4.69, 9.17) is 14.2 Å². The lowest BCUT2D eigenvalue weighted by Crippen LogP contribution is -2.36. The van der Waals surface area contributed by atoms with Crippen LogP contribution >= 0.6 is 11.9 Å². The molecule has 0 saturated heterocycles. The lowest BCUT2D eigenvalue weighted by Gasteiger charge is -2.28. The van der Waals surface area contributed by atoms with Crippen molar-refractivity contribution in [2.24, 2.45) is 0 Å². The van der Waals surface area contributed by atoms with E-state index in [9.17, 15) is 0 Å². The predicted molar refractivity (Wildman–Crippen MR) is 132 cm³/mol. The Morgan fingerprint density at radius 1 is 0.758 bits per heavy atom. The third-order valence-electron chi connectivity index (χ3n) is 5.60. The Kier molecular flexibility index (Phi) is 6.24. The molecule has 0 spiro atoms. The molecule has 4 aromatic carbocycles. The van der Waals surface area contributed by atoms with E-state index in [1.165, 1.54) is 5.56 Å². The van der Waals surface area contributed by atoms with Crippen LogP contribution in [0.1, 0.15) is 16.7 Å². The number of nitrogens with one attached hydrogen (secondary N) is 1. The minimum Gasteiger partial charge on any atom is -0.497 e. The van der Waals surface area contributed by atoms with Crippen LogP contribution in [-0.2, 0) is 12.2 Å². The van der Waals surface area contributed by atoms with E-state index in [1.54, 1.807) is 19.1 Å². The average molecular weight is 456 g/mol. The molecule has 0 radical (unpaired) electrons. The number of ether oxygens (including phenoxy) is 3. The van der Waals surface area contributed by atoms with Crippen LogP contribution in [-0.4, -0.2) is 13.7 Å². The summed E-state index contributed by atoms with van der Waals surface area (Å²) in [5, 5.41) is 0. The zero-order valence-corrected chi connectivity index (χ0v) is 19.2. The monoisotopic (exact) mass is 455 g/mol. The highest BCUT2D eigenvalue weighted by Crippen LogP contribution is 2.48. The van der Waals surface area contributed by atoms with Gasteiger partial charge < -0.3 is 14.2 Å². The lowest BCUT2D eigenvalue weighted by atomic mass is 9.97. The maximum Gasteiger partial charge on any atom is 0.305 e. The summed E-state index contributed by atoms with van der Waals surface area (Å²) in [4.78, 5) is 1.07. The van der Waals surface area contributed by atoms with Gasteiger partial charge >= 0.3 is 5.79 Å². The van der Waals surface area contributed by atoms with Gasteiger partial charge in [0.1, 0.15) is 5.75 Å². The van der Waals surface area contributed by atoms with Crippen molar-refractivity contribution in [2.75, 3.05) is 13.7 Å². The first-order valence-corrected chi connectivity index (χ1v) is 11.7. The van der Waals surface area contributed by atoms with Crippen LogP contribution in [0.3, 0.4) is 0 Å². The van der Waals surface area contributed by atoms with Crippen molar-refractivity contribution in [3.8, 4) is 17.2 Å². The van der Waals surface area contributed by atoms with Gasteiger partial charge in [0.2, 0.25) is 0 Å². The average Bonchev–Trinajstić information content (AvgIpc) is 3.28. The number of hydrogen-bond donors (Lipinski definition) is 1. The molecule has 0 saturated carbocycles. The van der Waals surface area contributed by atoms with Crippen molar-refractivity contribution in [3.05, 3.63) is 120 Å². The van der Waals surface area contributed by atoms with Gasteiger partial charge in [0.05, 0.1) is 7.11 Å². The Hall–Kier alpha value is -3.41. The summed E-state index contributed by atoms with van der Waals surface area (Å²) >= 11 is 1.59. The molecule has 0 unspecified atom stereocenters. The third-order valence-corrected chi connectivity index (χ3v) is 6.43. The van der Waals surface area contributed by atoms with E-state index >= 15 is 0 Å². The number of hydrogen-bond acceptors (Lipinski definition) is 5. The normalized spacial score (nSPS) is 13.6. The van der Waals surface area contributed by atoms with Crippen LogP contribution in [0.4, 0.5) is 0 Å². The molecule has 166 valence electrons. The molecule has 0 fully saturated rings. The van der Waals surface area contributed by atoms with Crippen LogP contribution < -0.4 is 18.9 Å². The molecule has 1 aliphatic heterocycles. The second-order valence-corrected chi connectivity index (χ2v) is 8.72. The Balaban J connectivity index is 1.28. The Labute approximate surface area is 198 Å². The summed E-state index contributed by atoms with van der Waals surface area (Å²) in [6.07, 6.45) is 0.937. The molecule has 5 rings (SSSR count). The Morgan fingerprint density at radius 2 is 1.39 bits per heavy atom. The third kappa shape index (κ3) is 4.56. The molecule has 0 amide bonds. The Morgan fingerprint density at radius 3 is 2.03 bits per heavy atom. The topological polar surface area (TPSA) is 39.7 Å². The summed E-state index contributed by atoms with van der Waals surface area (Å²) in [6, 6.07) is 34.4. The van der Waals surface area contributed by atoms with Gasteiger partial charge in [-0.15, -0.1) is 0 Å². The standard InChI is InChI=1S/C28H25NO3S/c1-30-24-14-12-21(13-15-24)18-19-29-33-25-16-17-26-27(20-25)32-28(31-26,22-8-4-2-5-9-22)23-10-6-3-7-11-23/h2-17,20,29H,18-19H2,1H3. The van der Waals surface area contributed by atoms with Crippen LogP contribution in [0.5, 0.6) is 17.2 Å². The van der Waals surface area contributed by atoms with Crippen molar-refractivity contribution in [2.45, 2.75) is 17.1 Å². The van der Waals surface area contributed by atoms with Gasteiger partial charge in [-0.05, 0) is 54.3 Å². The van der Waals surface area contributed by atoms with E-state index in [0.717, 1.165) is 46.2 Å². The maximum absolute atomic E-state index is 6.53. The first kappa shape index (κ1) is 21.4. The van der Waals surface area contributed by atoms with Gasteiger partial charge in [0.25, 0.3) is 0 Å². The number of rotatable bonds is 8. The smallest absolute Gasteiger partial charge is 0.305 e. The van der Waals surface area contributed by atoms with Crippen molar-refractivity contribution < 1.29 is 14.2 Å². The van der Waals surface area contributed by atoms with Crippen molar-refractivity contribution >= 4 is 11.9 Å². The van der Waals surface area contributed by atoms with Gasteiger partial charge in [-0.1, -0.05) is 72.8 Å². The van der Waals surface area contributed by atoms with Crippen LogP contribution in [0.2, 0.25) is 0 Å². The predicted octanol–water partition coefficient (Wildman–Crippen LogP) is 6.21. The maximum atomic E-state index is 6.53. The molecule has 0 aliphatic carbocycles. The van der Waals surface area contributed by atoms with E-state index in [0.29, 0.717) is 0 Å². The van der Waals surface area contributed by atoms with Crippen LogP contribution in [0.25, 0.3) is 0 Å². The molecule has 4 aromatic rings. The first-order valence-electron chi connectivity index (χ1n) is 10.9. The highest BCUT2D eigenvalue weighted by atomic mass is 32.2. The lowest BCUT2D eigenvalue weighted by molar-refractivity contribution is -0.0459. The highest BCUT2D eigenvalue weighted by molar-refractivity contribution is 7.97. The van der Waals surface area contributed by atoms with Gasteiger partial charge in [0.15, 0.2) is 11.5 Å². The molecular weight excluding hydrogens is 430 g/mol. The quantitative estimate of drug-likeness (QED) is 0.253. The summed E-state index contributed by atoms with van der Waals surface area (Å²) in [5.41, 5.74) is 3.18. The second kappa shape index (κ2) is 9.61. The molecule has 0 atom stereocenters. The van der Waals surface area contributed by atoms with Crippen molar-refractivity contribution in [1.29, 1.82) is 0 Å². The minimum atomic E-state index is -0.990. The molecule has 4 nitrogen and oxygen atoms in total. The molecule has 5 heteroatoms. The number of fused-ring (bicyclic) bond motifs is 1. The fourth-order valence-electron chi connectivity index (χ4n) is 3.89. The zero-order valence-electron chi connectivity index (χ0n) is 18.4. The number of methoxy groups -OCH3 is 1. The summed E-state index contributed by atoms with van der Waals surface area (Å²) in [5.74, 6) is 1.37. The Bertz CT molecular complexity index is 1160. The summed E-state index contributed by atoms with van der Waals surface area (Å²) in [7, 11) is 1.68. The van der Waals surface area contributed by atoms with Crippen LogP contribution in [0.15, 0.2) is 108 Å². The summed E-state index contributed by atoms with van der Waals surface area (Å²) in [6.45, 7) is 0.851. The largest absolute Gasteiger partial charge is 0.497 e. The molecule has 0 aromatic heterocycles. The molecule has 1 heterocycles. The van der Waals surface area contributed by atoms with Gasteiger partial charge in [0, 0.05) is 22.6 Å². The van der Waals surface area contributed by atoms with E-state index < -0.39 is 5.79 Å². The second-order valence-electron chi connectivity index (χ2n) is 7.76. The van der Waals surface area contributed by atoms with Gasteiger partial charge in [-0.25, -0.2) is 0 Å². The molecule has 0 bridgehead atoms. The molecular formula is C28H25NO3S. The molecule has 33 heavy (non-hydrogen) atoms. The van der Waals surface area contributed by atoms with E-state index in [2.05, 4.69) is 22.9 Å². The molecule has 1 aliphatic rings. The van der Waals surface area contributed by atoms with Crippen molar-refractivity contribution in [1.82, 2.24) is 4.72 Å². The highest BCUT2D eigenvalue weighted by Gasteiger charge is 2.45. The number of benzene rings is 4. The van der Waals surface area contributed by atoms with Crippen molar-refractivity contribution in [3.63, 3.8) is 0 Å². The van der Waals surface area contributed by atoms with Gasteiger partial charge in [-0.3, -0.25) is 4.72 Å². The van der Waals surface area contributed by atoms with E-state index in [-0.39, 0.29) is 0 Å². The van der Waals surface area contributed by atoms with Gasteiger partial charge in [-0.2, -0.15) is 0 Å². The molecule has 1 N–H and O–H groups in total.